The number of benzene rings is 1. The largest absolute Gasteiger partial charge is 0.493 e. The summed E-state index contributed by atoms with van der Waals surface area (Å²) in [5, 5.41) is 5.13. The third-order valence-corrected chi connectivity index (χ3v) is 5.31. The van der Waals surface area contributed by atoms with Crippen LogP contribution in [0.1, 0.15) is 30.1 Å². The van der Waals surface area contributed by atoms with Gasteiger partial charge in [0.05, 0.1) is 20.3 Å². The number of carbonyl (C=O) groups excluding carboxylic acids is 3. The topological polar surface area (TPSA) is 100 Å². The molecule has 1 aromatic rings. The number of amides is 4. The van der Waals surface area contributed by atoms with Gasteiger partial charge in [-0.25, -0.2) is 4.79 Å². The van der Waals surface area contributed by atoms with Crippen molar-refractivity contribution in [2.24, 2.45) is 0 Å². The zero-order chi connectivity index (χ0) is 21.0. The molecular formula is C20H28N4O5. The van der Waals surface area contributed by atoms with Gasteiger partial charge in [-0.05, 0) is 38.0 Å². The molecular weight excluding hydrogens is 376 g/mol. The molecule has 1 atom stereocenters. The zero-order valence-corrected chi connectivity index (χ0v) is 17.1. The molecule has 1 aromatic carbocycles. The fourth-order valence-corrected chi connectivity index (χ4v) is 3.30. The summed E-state index contributed by atoms with van der Waals surface area (Å²) in [6.07, 6.45) is 1.93. The number of rotatable bonds is 6. The Morgan fingerprint density at radius 3 is 2.28 bits per heavy atom. The van der Waals surface area contributed by atoms with Gasteiger partial charge in [-0.15, -0.1) is 0 Å². The number of hydrogen-bond acceptors (Lipinski definition) is 6. The lowest BCUT2D eigenvalue weighted by molar-refractivity contribution is -0.125. The maximum atomic E-state index is 12.8. The van der Waals surface area contributed by atoms with Crippen molar-refractivity contribution in [1.29, 1.82) is 0 Å². The lowest BCUT2D eigenvalue weighted by atomic mass is 10.1. The molecule has 1 aliphatic carbocycles. The molecule has 4 amide bonds. The maximum Gasteiger partial charge on any atom is 0.321 e. The number of carbonyl (C=O) groups is 3. The van der Waals surface area contributed by atoms with Crippen LogP contribution in [0.25, 0.3) is 0 Å². The molecule has 3 rings (SSSR count). The van der Waals surface area contributed by atoms with Gasteiger partial charge >= 0.3 is 6.03 Å². The van der Waals surface area contributed by atoms with Crippen LogP contribution in [0.4, 0.5) is 4.79 Å². The minimum Gasteiger partial charge on any atom is -0.493 e. The lowest BCUT2D eigenvalue weighted by Gasteiger charge is -2.37. The van der Waals surface area contributed by atoms with Gasteiger partial charge in [0.15, 0.2) is 11.5 Å². The highest BCUT2D eigenvalue weighted by Crippen LogP contribution is 2.28. The summed E-state index contributed by atoms with van der Waals surface area (Å²) in [5.41, 5.74) is 0.527. The van der Waals surface area contributed by atoms with Gasteiger partial charge in [-0.2, -0.15) is 0 Å². The number of urea groups is 1. The van der Waals surface area contributed by atoms with E-state index in [1.807, 2.05) is 4.90 Å². The van der Waals surface area contributed by atoms with Gasteiger partial charge in [0.25, 0.3) is 5.91 Å². The quantitative estimate of drug-likeness (QED) is 0.729. The highest BCUT2D eigenvalue weighted by atomic mass is 16.5. The van der Waals surface area contributed by atoms with E-state index in [9.17, 15) is 14.4 Å². The Morgan fingerprint density at radius 2 is 1.69 bits per heavy atom. The Labute approximate surface area is 170 Å². The lowest BCUT2D eigenvalue weighted by Crippen LogP contribution is -2.56. The van der Waals surface area contributed by atoms with Gasteiger partial charge in [0.1, 0.15) is 0 Å². The van der Waals surface area contributed by atoms with Crippen LogP contribution < -0.4 is 20.1 Å². The molecule has 2 aliphatic rings. The Balaban J connectivity index is 1.52. The molecule has 2 fully saturated rings. The Bertz CT molecular complexity index is 772. The Hall–Kier alpha value is -2.81. The van der Waals surface area contributed by atoms with E-state index in [4.69, 9.17) is 9.47 Å². The first-order valence-electron chi connectivity index (χ1n) is 9.79. The van der Waals surface area contributed by atoms with Crippen LogP contribution in [0, 0.1) is 0 Å². The normalized spacial score (nSPS) is 18.0. The summed E-state index contributed by atoms with van der Waals surface area (Å²) in [6.45, 7) is 3.87. The molecule has 1 aliphatic heterocycles. The predicted molar refractivity (Wildman–Crippen MR) is 106 cm³/mol. The van der Waals surface area contributed by atoms with E-state index in [-0.39, 0.29) is 17.9 Å². The number of piperazine rings is 1. The second-order valence-corrected chi connectivity index (χ2v) is 7.31. The number of nitrogens with zero attached hydrogens (tertiary/aromatic N) is 2. The molecule has 0 bridgehead atoms. The molecule has 0 radical (unpaired) electrons. The second-order valence-electron chi connectivity index (χ2n) is 7.31. The van der Waals surface area contributed by atoms with Crippen molar-refractivity contribution in [3.05, 3.63) is 23.8 Å². The molecule has 158 valence electrons. The monoisotopic (exact) mass is 404 g/mol. The predicted octanol–water partition coefficient (Wildman–Crippen LogP) is 0.838. The van der Waals surface area contributed by atoms with Crippen LogP contribution in [-0.2, 0) is 4.79 Å². The summed E-state index contributed by atoms with van der Waals surface area (Å²) in [7, 11) is 3.08. The molecule has 29 heavy (non-hydrogen) atoms. The van der Waals surface area contributed by atoms with Crippen molar-refractivity contribution in [2.45, 2.75) is 31.8 Å². The number of ether oxygens (including phenoxy) is 2. The van der Waals surface area contributed by atoms with Gasteiger partial charge in [0.2, 0.25) is 5.91 Å². The van der Waals surface area contributed by atoms with E-state index in [0.717, 1.165) is 12.8 Å². The Kier molecular flexibility index (Phi) is 6.58. The van der Waals surface area contributed by atoms with Crippen molar-refractivity contribution >= 4 is 17.8 Å². The maximum absolute atomic E-state index is 12.8. The van der Waals surface area contributed by atoms with Gasteiger partial charge < -0.3 is 19.7 Å². The molecule has 1 heterocycles. The molecule has 1 saturated carbocycles. The molecule has 2 N–H and O–H groups in total. The summed E-state index contributed by atoms with van der Waals surface area (Å²) >= 11 is 0. The zero-order valence-electron chi connectivity index (χ0n) is 17.1. The van der Waals surface area contributed by atoms with E-state index in [2.05, 4.69) is 10.6 Å². The molecule has 9 nitrogen and oxygen atoms in total. The average Bonchev–Trinajstić information content (AvgIpc) is 3.55. The van der Waals surface area contributed by atoms with Crippen molar-refractivity contribution < 1.29 is 23.9 Å². The van der Waals surface area contributed by atoms with E-state index >= 15 is 0 Å². The molecule has 0 spiro atoms. The fourth-order valence-electron chi connectivity index (χ4n) is 3.30. The summed E-state index contributed by atoms with van der Waals surface area (Å²) in [5.74, 6) is 0.653. The molecule has 0 aromatic heterocycles. The number of methoxy groups -OCH3 is 2. The van der Waals surface area contributed by atoms with Crippen molar-refractivity contribution in [2.75, 3.05) is 40.4 Å². The van der Waals surface area contributed by atoms with Crippen LogP contribution in [0.3, 0.4) is 0 Å². The Morgan fingerprint density at radius 1 is 1.03 bits per heavy atom. The first-order valence-corrected chi connectivity index (χ1v) is 9.79. The number of imide groups is 1. The smallest absolute Gasteiger partial charge is 0.321 e. The summed E-state index contributed by atoms with van der Waals surface area (Å²) < 4.78 is 10.5. The van der Waals surface area contributed by atoms with E-state index in [0.29, 0.717) is 43.2 Å². The average molecular weight is 404 g/mol. The van der Waals surface area contributed by atoms with Crippen molar-refractivity contribution in [3.63, 3.8) is 0 Å². The fraction of sp³-hybridized carbons (Fsp3) is 0.550. The third kappa shape index (κ3) is 5.17. The minimum atomic E-state index is -0.446. The van der Waals surface area contributed by atoms with Crippen molar-refractivity contribution in [3.8, 4) is 11.5 Å². The minimum absolute atomic E-state index is 0.0912. The van der Waals surface area contributed by atoms with Gasteiger partial charge in [-0.3, -0.25) is 19.8 Å². The van der Waals surface area contributed by atoms with Crippen LogP contribution in [0.5, 0.6) is 11.5 Å². The van der Waals surface area contributed by atoms with E-state index in [1.54, 1.807) is 37.1 Å². The highest BCUT2D eigenvalue weighted by Gasteiger charge is 2.30. The van der Waals surface area contributed by atoms with Gasteiger partial charge in [0, 0.05) is 37.8 Å². The van der Waals surface area contributed by atoms with E-state index < -0.39 is 12.1 Å². The highest BCUT2D eigenvalue weighted by molar-refractivity contribution is 5.97. The summed E-state index contributed by atoms with van der Waals surface area (Å²) in [4.78, 5) is 40.6. The molecule has 1 unspecified atom stereocenters. The SMILES string of the molecule is COc1ccc(C(=O)N2CCN(C(C)C(=O)NC(=O)NC3CC3)CC2)cc1OC. The molecule has 9 heteroatoms. The van der Waals surface area contributed by atoms with Gasteiger partial charge in [-0.1, -0.05) is 0 Å². The standard InChI is InChI=1S/C20H28N4O5/c1-13(18(25)22-20(27)21-15-5-6-15)23-8-10-24(11-9-23)19(26)14-4-7-16(28-2)17(12-14)29-3/h4,7,12-13,15H,5-6,8-11H2,1-3H3,(H2,21,22,25,27). The summed E-state index contributed by atoms with van der Waals surface area (Å²) in [6, 6.07) is 4.41. The number of nitrogens with one attached hydrogen (secondary N) is 2. The van der Waals surface area contributed by atoms with Crippen LogP contribution in [0.2, 0.25) is 0 Å². The van der Waals surface area contributed by atoms with E-state index in [1.165, 1.54) is 7.11 Å². The van der Waals surface area contributed by atoms with Crippen LogP contribution in [0.15, 0.2) is 18.2 Å². The first kappa shape index (κ1) is 20.9. The molecule has 1 saturated heterocycles. The van der Waals surface area contributed by atoms with Crippen LogP contribution in [-0.4, -0.2) is 80.1 Å². The van der Waals surface area contributed by atoms with Crippen LogP contribution >= 0.6 is 0 Å². The van der Waals surface area contributed by atoms with Crippen molar-refractivity contribution in [1.82, 2.24) is 20.4 Å². The first-order chi connectivity index (χ1) is 13.9. The second kappa shape index (κ2) is 9.13. The number of hydrogen-bond donors (Lipinski definition) is 2. The third-order valence-electron chi connectivity index (χ3n) is 5.31.